The van der Waals surface area contributed by atoms with Crippen LogP contribution in [0.1, 0.15) is 31.4 Å². The highest BCUT2D eigenvalue weighted by Gasteiger charge is 2.30. The number of nitrogens with zero attached hydrogens (tertiary/aromatic N) is 2. The molecule has 0 aliphatic rings. The monoisotopic (exact) mass is 571 g/mol. The molecule has 0 spiro atoms. The second-order valence-corrected chi connectivity index (χ2v) is 11.4. The summed E-state index contributed by atoms with van der Waals surface area (Å²) in [4.78, 5) is 27.7. The number of rotatable bonds is 13. The minimum atomic E-state index is -3.84. The van der Waals surface area contributed by atoms with Crippen LogP contribution >= 0.6 is 11.6 Å². The van der Waals surface area contributed by atoms with Gasteiger partial charge in [-0.2, -0.15) is 0 Å². The van der Waals surface area contributed by atoms with Crippen LogP contribution in [0.5, 0.6) is 5.75 Å². The van der Waals surface area contributed by atoms with Crippen molar-refractivity contribution in [1.29, 1.82) is 0 Å². The quantitative estimate of drug-likeness (QED) is 0.323. The third kappa shape index (κ3) is 8.73. The Balaban J connectivity index is 1.82. The molecule has 1 N–H and O–H groups in total. The summed E-state index contributed by atoms with van der Waals surface area (Å²) >= 11 is 6.34. The van der Waals surface area contributed by atoms with E-state index in [0.717, 1.165) is 22.5 Å². The molecule has 0 saturated carbocycles. The summed E-state index contributed by atoms with van der Waals surface area (Å²) in [5, 5.41) is 3.25. The maximum absolute atomic E-state index is 13.6. The molecule has 0 saturated heterocycles. The van der Waals surface area contributed by atoms with Gasteiger partial charge in [0.1, 0.15) is 24.9 Å². The molecule has 3 aromatic rings. The Morgan fingerprint density at radius 1 is 0.974 bits per heavy atom. The second kappa shape index (κ2) is 14.0. The first kappa shape index (κ1) is 30.0. The van der Waals surface area contributed by atoms with Crippen molar-refractivity contribution in [3.63, 3.8) is 0 Å². The average Bonchev–Trinajstić information content (AvgIpc) is 2.93. The van der Waals surface area contributed by atoms with E-state index < -0.39 is 28.5 Å². The number of ether oxygens (including phenoxy) is 1. The van der Waals surface area contributed by atoms with E-state index in [9.17, 15) is 18.0 Å². The topological polar surface area (TPSA) is 96.0 Å². The third-order valence-electron chi connectivity index (χ3n) is 6.07. The summed E-state index contributed by atoms with van der Waals surface area (Å²) in [6.07, 6.45) is 1.78. The molecule has 39 heavy (non-hydrogen) atoms. The Bertz CT molecular complexity index is 1350. The largest absolute Gasteiger partial charge is 0.489 e. The van der Waals surface area contributed by atoms with Crippen molar-refractivity contribution in [2.45, 2.75) is 39.5 Å². The molecular weight excluding hydrogens is 538 g/mol. The fourth-order valence-corrected chi connectivity index (χ4v) is 4.90. The number of benzene rings is 3. The van der Waals surface area contributed by atoms with Crippen LogP contribution in [0.4, 0.5) is 5.69 Å². The van der Waals surface area contributed by atoms with Gasteiger partial charge in [0, 0.05) is 18.1 Å². The van der Waals surface area contributed by atoms with Gasteiger partial charge in [0.25, 0.3) is 0 Å². The van der Waals surface area contributed by atoms with Crippen LogP contribution in [-0.4, -0.2) is 50.5 Å². The first-order valence-corrected chi connectivity index (χ1v) is 14.9. The Morgan fingerprint density at radius 3 is 2.23 bits per heavy atom. The van der Waals surface area contributed by atoms with Crippen LogP contribution in [0, 0.1) is 0 Å². The van der Waals surface area contributed by atoms with Crippen molar-refractivity contribution in [3.05, 3.63) is 95.0 Å². The van der Waals surface area contributed by atoms with Crippen LogP contribution in [-0.2, 0) is 32.8 Å². The summed E-state index contributed by atoms with van der Waals surface area (Å²) in [6.45, 7) is 3.93. The molecular formula is C29H34ClN3O5S. The molecule has 0 unspecified atom stereocenters. The molecule has 2 amide bonds. The lowest BCUT2D eigenvalue weighted by atomic mass is 10.1. The zero-order valence-corrected chi connectivity index (χ0v) is 23.9. The number of sulfonamides is 1. The van der Waals surface area contributed by atoms with Crippen molar-refractivity contribution in [1.82, 2.24) is 10.2 Å². The summed E-state index contributed by atoms with van der Waals surface area (Å²) in [7, 11) is -3.84. The van der Waals surface area contributed by atoms with E-state index in [0.29, 0.717) is 35.2 Å². The molecule has 3 rings (SSSR count). The van der Waals surface area contributed by atoms with E-state index >= 15 is 0 Å². The SMILES string of the molecule is CCCNC(=O)[C@@H](C)N(Cc1ccccc1Cl)C(=O)CN(c1ccc(OCc2ccccc2)cc1)S(C)(=O)=O. The van der Waals surface area contributed by atoms with Crippen molar-refractivity contribution in [3.8, 4) is 5.75 Å². The van der Waals surface area contributed by atoms with Gasteiger partial charge in [-0.05, 0) is 54.8 Å². The zero-order valence-electron chi connectivity index (χ0n) is 22.3. The molecule has 3 aromatic carbocycles. The lowest BCUT2D eigenvalue weighted by Crippen LogP contribution is -2.51. The number of amides is 2. The summed E-state index contributed by atoms with van der Waals surface area (Å²) in [6, 6.07) is 22.3. The van der Waals surface area contributed by atoms with Crippen LogP contribution in [0.3, 0.4) is 0 Å². The highest BCUT2D eigenvalue weighted by molar-refractivity contribution is 7.92. The number of carbonyl (C=O) groups excluding carboxylic acids is 2. The highest BCUT2D eigenvalue weighted by atomic mass is 35.5. The summed E-state index contributed by atoms with van der Waals surface area (Å²) in [5.74, 6) is -0.309. The molecule has 10 heteroatoms. The van der Waals surface area contributed by atoms with Gasteiger partial charge in [-0.3, -0.25) is 13.9 Å². The van der Waals surface area contributed by atoms with E-state index in [4.69, 9.17) is 16.3 Å². The lowest BCUT2D eigenvalue weighted by molar-refractivity contribution is -0.139. The molecule has 8 nitrogen and oxygen atoms in total. The maximum Gasteiger partial charge on any atom is 0.244 e. The first-order chi connectivity index (χ1) is 18.6. The van der Waals surface area contributed by atoms with Gasteiger partial charge in [-0.15, -0.1) is 0 Å². The van der Waals surface area contributed by atoms with Crippen LogP contribution < -0.4 is 14.4 Å². The molecule has 0 heterocycles. The number of hydrogen-bond donors (Lipinski definition) is 1. The number of nitrogens with one attached hydrogen (secondary N) is 1. The van der Waals surface area contributed by atoms with E-state index in [-0.39, 0.29) is 12.5 Å². The molecule has 0 bridgehead atoms. The maximum atomic E-state index is 13.6. The van der Waals surface area contributed by atoms with Crippen LogP contribution in [0.15, 0.2) is 78.9 Å². The van der Waals surface area contributed by atoms with Crippen molar-refractivity contribution in [2.24, 2.45) is 0 Å². The fraction of sp³-hybridized carbons (Fsp3) is 0.310. The number of anilines is 1. The third-order valence-corrected chi connectivity index (χ3v) is 7.58. The summed E-state index contributed by atoms with van der Waals surface area (Å²) < 4.78 is 32.4. The second-order valence-electron chi connectivity index (χ2n) is 9.12. The van der Waals surface area contributed by atoms with Crippen LogP contribution in [0.2, 0.25) is 5.02 Å². The van der Waals surface area contributed by atoms with E-state index in [1.807, 2.05) is 37.3 Å². The van der Waals surface area contributed by atoms with Gasteiger partial charge >= 0.3 is 0 Å². The predicted octanol–water partition coefficient (Wildman–Crippen LogP) is 4.63. The lowest BCUT2D eigenvalue weighted by Gasteiger charge is -2.31. The first-order valence-electron chi connectivity index (χ1n) is 12.6. The Kier molecular flexibility index (Phi) is 10.8. The van der Waals surface area contributed by atoms with Gasteiger partial charge in [-0.25, -0.2) is 8.42 Å². The molecule has 0 aliphatic carbocycles. The zero-order chi connectivity index (χ0) is 28.4. The fourth-order valence-electron chi connectivity index (χ4n) is 3.85. The molecule has 0 radical (unpaired) electrons. The van der Waals surface area contributed by atoms with Gasteiger partial charge in [0.15, 0.2) is 0 Å². The van der Waals surface area contributed by atoms with Crippen molar-refractivity contribution >= 4 is 39.1 Å². The normalized spacial score (nSPS) is 11.9. The standard InChI is InChI=1S/C29H34ClN3O5S/c1-4-18-31-29(35)22(2)32(19-24-12-8-9-13-27(24)30)28(34)20-33(39(3,36)37)25-14-16-26(17-15-25)38-21-23-10-6-5-7-11-23/h5-17,22H,4,18-21H2,1-3H3,(H,31,35)/t22-/m1/s1. The Hall–Kier alpha value is -3.56. The van der Waals surface area contributed by atoms with Gasteiger partial charge in [0.2, 0.25) is 21.8 Å². The molecule has 208 valence electrons. The predicted molar refractivity (Wildman–Crippen MR) is 154 cm³/mol. The highest BCUT2D eigenvalue weighted by Crippen LogP contribution is 2.24. The Morgan fingerprint density at radius 2 is 1.62 bits per heavy atom. The minimum Gasteiger partial charge on any atom is -0.489 e. The van der Waals surface area contributed by atoms with Gasteiger partial charge in [0.05, 0.1) is 11.9 Å². The average molecular weight is 572 g/mol. The molecule has 0 aromatic heterocycles. The number of carbonyl (C=O) groups is 2. The summed E-state index contributed by atoms with van der Waals surface area (Å²) in [5.41, 5.74) is 1.95. The smallest absolute Gasteiger partial charge is 0.244 e. The van der Waals surface area contributed by atoms with E-state index in [1.54, 1.807) is 55.5 Å². The van der Waals surface area contributed by atoms with Gasteiger partial charge in [-0.1, -0.05) is 67.1 Å². The van der Waals surface area contributed by atoms with Crippen molar-refractivity contribution in [2.75, 3.05) is 23.7 Å². The van der Waals surface area contributed by atoms with E-state index in [2.05, 4.69) is 5.32 Å². The molecule has 0 fully saturated rings. The van der Waals surface area contributed by atoms with Gasteiger partial charge < -0.3 is 15.0 Å². The molecule has 0 aliphatic heterocycles. The Labute approximate surface area is 235 Å². The number of hydrogen-bond acceptors (Lipinski definition) is 5. The molecule has 1 atom stereocenters. The number of halogens is 1. The van der Waals surface area contributed by atoms with E-state index in [1.165, 1.54) is 4.90 Å². The minimum absolute atomic E-state index is 0.0447. The van der Waals surface area contributed by atoms with Crippen molar-refractivity contribution < 1.29 is 22.7 Å². The van der Waals surface area contributed by atoms with Crippen LogP contribution in [0.25, 0.3) is 0 Å².